The molecule has 0 fully saturated rings. The molecule has 3 rings (SSSR count). The molecule has 0 bridgehead atoms. The lowest BCUT2D eigenvalue weighted by Gasteiger charge is -2.22. The van der Waals surface area contributed by atoms with Crippen LogP contribution in [0.2, 0.25) is 10.0 Å². The summed E-state index contributed by atoms with van der Waals surface area (Å²) in [5.41, 5.74) is 1.90. The highest BCUT2D eigenvalue weighted by Gasteiger charge is 2.22. The van der Waals surface area contributed by atoms with Crippen molar-refractivity contribution < 1.29 is 9.59 Å². The van der Waals surface area contributed by atoms with Crippen LogP contribution in [0.5, 0.6) is 0 Å². The maximum absolute atomic E-state index is 13.2. The fraction of sp³-hybridized carbons (Fsp3) is 0.261. The predicted octanol–water partition coefficient (Wildman–Crippen LogP) is 4.51. The molecule has 2 aromatic carbocycles. The Kier molecular flexibility index (Phi) is 9.08. The van der Waals surface area contributed by atoms with E-state index in [0.717, 1.165) is 5.56 Å². The van der Waals surface area contributed by atoms with E-state index >= 15 is 0 Å². The fourth-order valence-electron chi connectivity index (χ4n) is 2.94. The zero-order valence-corrected chi connectivity index (χ0v) is 20.7. The van der Waals surface area contributed by atoms with Crippen molar-refractivity contribution in [1.29, 1.82) is 0 Å². The summed E-state index contributed by atoms with van der Waals surface area (Å²) in [6, 6.07) is 14.7. The molecule has 3 aromatic rings. The smallest absolute Gasteiger partial charge is 0.274 e. The van der Waals surface area contributed by atoms with E-state index in [0.29, 0.717) is 40.5 Å². The lowest BCUT2D eigenvalue weighted by molar-refractivity contribution is -0.121. The molecule has 0 unspecified atom stereocenters. The molecule has 0 aliphatic heterocycles. The number of nitrogens with zero attached hydrogens (tertiary/aromatic N) is 3. The number of carbonyl (C=O) groups is 2. The molecule has 33 heavy (non-hydrogen) atoms. The van der Waals surface area contributed by atoms with Gasteiger partial charge in [-0.2, -0.15) is 0 Å². The molecule has 0 saturated carbocycles. The first kappa shape index (κ1) is 25.0. The number of nitrogens with one attached hydrogen (secondary N) is 2. The molecule has 0 radical (unpaired) electrons. The van der Waals surface area contributed by atoms with Gasteiger partial charge in [-0.25, -0.2) is 4.98 Å². The molecule has 1 heterocycles. The second-order valence-corrected chi connectivity index (χ2v) is 9.26. The highest BCUT2D eigenvalue weighted by molar-refractivity contribution is 7.14. The van der Waals surface area contributed by atoms with E-state index in [1.807, 2.05) is 49.3 Å². The highest BCUT2D eigenvalue weighted by atomic mass is 35.5. The molecular weight excluding hydrogens is 481 g/mol. The Morgan fingerprint density at radius 1 is 1.06 bits per heavy atom. The van der Waals surface area contributed by atoms with Crippen LogP contribution in [0.4, 0.5) is 10.8 Å². The summed E-state index contributed by atoms with van der Waals surface area (Å²) in [7, 11) is 3.87. The van der Waals surface area contributed by atoms with Crippen molar-refractivity contribution in [2.24, 2.45) is 0 Å². The summed E-state index contributed by atoms with van der Waals surface area (Å²) < 4.78 is 0. The number of hydrogen-bond donors (Lipinski definition) is 2. The van der Waals surface area contributed by atoms with Gasteiger partial charge in [0.25, 0.3) is 5.91 Å². The molecule has 7 nitrogen and oxygen atoms in total. The minimum atomic E-state index is -0.319. The fourth-order valence-corrected chi connectivity index (χ4v) is 3.94. The van der Waals surface area contributed by atoms with Gasteiger partial charge in [-0.05, 0) is 37.9 Å². The van der Waals surface area contributed by atoms with E-state index in [1.165, 1.54) is 16.2 Å². The maximum Gasteiger partial charge on any atom is 0.274 e. The summed E-state index contributed by atoms with van der Waals surface area (Å²) in [6.45, 7) is 1.46. The zero-order valence-electron chi connectivity index (χ0n) is 18.3. The second-order valence-electron chi connectivity index (χ2n) is 7.59. The first-order valence-electron chi connectivity index (χ1n) is 10.2. The lowest BCUT2D eigenvalue weighted by Crippen LogP contribution is -2.42. The van der Waals surface area contributed by atoms with Crippen molar-refractivity contribution in [3.63, 3.8) is 0 Å². The van der Waals surface area contributed by atoms with E-state index in [2.05, 4.69) is 15.6 Å². The Morgan fingerprint density at radius 3 is 2.52 bits per heavy atom. The van der Waals surface area contributed by atoms with Gasteiger partial charge in [0.1, 0.15) is 12.2 Å². The number of thiazole rings is 1. The summed E-state index contributed by atoms with van der Waals surface area (Å²) in [4.78, 5) is 33.6. The number of aromatic nitrogens is 1. The molecular formula is C23H25Cl2N5O2S. The molecule has 0 atom stereocenters. The largest absolute Gasteiger partial charge is 0.353 e. The second kappa shape index (κ2) is 12.0. The number of hydrogen-bond acceptors (Lipinski definition) is 6. The normalized spacial score (nSPS) is 10.8. The Balaban J connectivity index is 1.71. The Morgan fingerprint density at radius 2 is 1.82 bits per heavy atom. The number of amides is 2. The van der Waals surface area contributed by atoms with Gasteiger partial charge in [-0.3, -0.25) is 9.59 Å². The molecule has 0 aliphatic carbocycles. The van der Waals surface area contributed by atoms with Crippen LogP contribution in [0, 0.1) is 0 Å². The van der Waals surface area contributed by atoms with Crippen LogP contribution >= 0.6 is 34.5 Å². The standard InChI is InChI=1S/C23H25Cl2N5O2S/c1-29(2)11-10-26-21(31)14-30(13-16-6-4-3-5-7-16)22(32)20-15-33-23(28-20)27-17-8-9-18(24)19(25)12-17/h3-9,12,15H,10-11,13-14H2,1-2H3,(H,26,31)(H,27,28). The maximum atomic E-state index is 13.2. The quantitative estimate of drug-likeness (QED) is 0.423. The van der Waals surface area contributed by atoms with Crippen LogP contribution in [-0.4, -0.2) is 60.3 Å². The molecule has 0 aliphatic rings. The third-order valence-electron chi connectivity index (χ3n) is 4.61. The average molecular weight is 506 g/mol. The van der Waals surface area contributed by atoms with Crippen molar-refractivity contribution in [3.05, 3.63) is 75.2 Å². The molecule has 174 valence electrons. The molecule has 0 spiro atoms. The molecule has 10 heteroatoms. The van der Waals surface area contributed by atoms with E-state index in [-0.39, 0.29) is 24.1 Å². The molecule has 0 saturated heterocycles. The predicted molar refractivity (Wildman–Crippen MR) is 135 cm³/mol. The van der Waals surface area contributed by atoms with Gasteiger partial charge in [-0.15, -0.1) is 11.3 Å². The number of rotatable bonds is 10. The van der Waals surface area contributed by atoms with Crippen LogP contribution < -0.4 is 10.6 Å². The molecule has 2 N–H and O–H groups in total. The van der Waals surface area contributed by atoms with Crippen LogP contribution in [0.15, 0.2) is 53.9 Å². The summed E-state index contributed by atoms with van der Waals surface area (Å²) in [5.74, 6) is -0.537. The van der Waals surface area contributed by atoms with Crippen molar-refractivity contribution in [2.75, 3.05) is 39.0 Å². The Bertz CT molecular complexity index is 1090. The van der Waals surface area contributed by atoms with E-state index in [4.69, 9.17) is 23.2 Å². The van der Waals surface area contributed by atoms with Crippen LogP contribution in [-0.2, 0) is 11.3 Å². The SMILES string of the molecule is CN(C)CCNC(=O)CN(Cc1ccccc1)C(=O)c1csc(Nc2ccc(Cl)c(Cl)c2)n1. The van der Waals surface area contributed by atoms with Crippen LogP contribution in [0.25, 0.3) is 0 Å². The van der Waals surface area contributed by atoms with Crippen molar-refractivity contribution in [1.82, 2.24) is 20.1 Å². The van der Waals surface area contributed by atoms with E-state index in [9.17, 15) is 9.59 Å². The lowest BCUT2D eigenvalue weighted by atomic mass is 10.2. The Labute approximate surface area is 207 Å². The van der Waals surface area contributed by atoms with Gasteiger partial charge < -0.3 is 20.4 Å². The van der Waals surface area contributed by atoms with Crippen molar-refractivity contribution >= 4 is 57.2 Å². The minimum Gasteiger partial charge on any atom is -0.353 e. The third-order valence-corrected chi connectivity index (χ3v) is 6.11. The molecule has 2 amide bonds. The number of anilines is 2. The van der Waals surface area contributed by atoms with Gasteiger partial charge in [0.2, 0.25) is 5.91 Å². The zero-order chi connectivity index (χ0) is 23.8. The van der Waals surface area contributed by atoms with Gasteiger partial charge in [0.05, 0.1) is 10.0 Å². The first-order chi connectivity index (χ1) is 15.8. The van der Waals surface area contributed by atoms with Crippen LogP contribution in [0.1, 0.15) is 16.1 Å². The number of benzene rings is 2. The van der Waals surface area contributed by atoms with Crippen molar-refractivity contribution in [3.8, 4) is 0 Å². The van der Waals surface area contributed by atoms with Crippen molar-refractivity contribution in [2.45, 2.75) is 6.54 Å². The summed E-state index contributed by atoms with van der Waals surface area (Å²) in [5, 5.41) is 9.06. The number of likely N-dealkylation sites (N-methyl/N-ethyl adjacent to an activating group) is 1. The topological polar surface area (TPSA) is 77.6 Å². The highest BCUT2D eigenvalue weighted by Crippen LogP contribution is 2.28. The summed E-state index contributed by atoms with van der Waals surface area (Å²) in [6.07, 6.45) is 0. The number of carbonyl (C=O) groups excluding carboxylic acids is 2. The first-order valence-corrected chi connectivity index (χ1v) is 11.9. The average Bonchev–Trinajstić information content (AvgIpc) is 3.24. The third kappa shape index (κ3) is 7.71. The van der Waals surface area contributed by atoms with Gasteiger partial charge in [0, 0.05) is 30.7 Å². The van der Waals surface area contributed by atoms with Gasteiger partial charge >= 0.3 is 0 Å². The van der Waals surface area contributed by atoms with Gasteiger partial charge in [-0.1, -0.05) is 53.5 Å². The number of halogens is 2. The monoisotopic (exact) mass is 505 g/mol. The Hall–Kier alpha value is -2.65. The van der Waals surface area contributed by atoms with Gasteiger partial charge in [0.15, 0.2) is 5.13 Å². The van der Waals surface area contributed by atoms with Crippen LogP contribution in [0.3, 0.4) is 0 Å². The van der Waals surface area contributed by atoms with E-state index in [1.54, 1.807) is 23.6 Å². The molecule has 1 aromatic heterocycles. The van der Waals surface area contributed by atoms with E-state index < -0.39 is 0 Å². The minimum absolute atomic E-state index is 0.0613. The summed E-state index contributed by atoms with van der Waals surface area (Å²) >= 11 is 13.3.